The summed E-state index contributed by atoms with van der Waals surface area (Å²) in [4.78, 5) is 17.3. The van der Waals surface area contributed by atoms with Gasteiger partial charge in [0.05, 0.1) is 12.1 Å². The lowest BCUT2D eigenvalue weighted by Gasteiger charge is -2.24. The third-order valence-electron chi connectivity index (χ3n) is 6.15. The Morgan fingerprint density at radius 2 is 1.66 bits per heavy atom. The monoisotopic (exact) mass is 425 g/mol. The molecular weight excluding hydrogens is 398 g/mol. The first-order chi connectivity index (χ1) is 15.7. The molecule has 1 aromatic heterocycles. The SMILES string of the molecule is CN(Cc1ccccc1N1CCCC1)C(=O)c1ccc(Cn2nnc3ccccc32)cc1. The molecule has 0 spiro atoms. The molecule has 0 radical (unpaired) electrons. The predicted molar refractivity (Wildman–Crippen MR) is 127 cm³/mol. The molecule has 4 aromatic rings. The Morgan fingerprint density at radius 3 is 2.47 bits per heavy atom. The fourth-order valence-electron chi connectivity index (χ4n) is 4.42. The van der Waals surface area contributed by atoms with E-state index in [-0.39, 0.29) is 5.91 Å². The number of anilines is 1. The Bertz CT molecular complexity index is 1220. The highest BCUT2D eigenvalue weighted by Crippen LogP contribution is 2.25. The van der Waals surface area contributed by atoms with Crippen LogP contribution in [-0.2, 0) is 13.1 Å². The van der Waals surface area contributed by atoms with E-state index >= 15 is 0 Å². The molecule has 1 aliphatic heterocycles. The van der Waals surface area contributed by atoms with E-state index in [2.05, 4.69) is 39.5 Å². The summed E-state index contributed by atoms with van der Waals surface area (Å²) in [7, 11) is 1.87. The van der Waals surface area contributed by atoms with Crippen LogP contribution in [0.3, 0.4) is 0 Å². The number of aromatic nitrogens is 3. The number of fused-ring (bicyclic) bond motifs is 1. The van der Waals surface area contributed by atoms with Gasteiger partial charge >= 0.3 is 0 Å². The highest BCUT2D eigenvalue weighted by atomic mass is 16.2. The number of para-hydroxylation sites is 2. The molecule has 1 fully saturated rings. The van der Waals surface area contributed by atoms with E-state index in [4.69, 9.17) is 0 Å². The second-order valence-electron chi connectivity index (χ2n) is 8.42. The van der Waals surface area contributed by atoms with Gasteiger partial charge in [0, 0.05) is 37.9 Å². The second-order valence-corrected chi connectivity index (χ2v) is 8.42. The summed E-state index contributed by atoms with van der Waals surface area (Å²) < 4.78 is 1.88. The highest BCUT2D eigenvalue weighted by molar-refractivity contribution is 5.94. The van der Waals surface area contributed by atoms with Crippen LogP contribution in [0.25, 0.3) is 11.0 Å². The number of nitrogens with zero attached hydrogens (tertiary/aromatic N) is 5. The molecule has 6 nitrogen and oxygen atoms in total. The number of benzene rings is 3. The zero-order chi connectivity index (χ0) is 21.9. The van der Waals surface area contributed by atoms with Gasteiger partial charge in [-0.3, -0.25) is 4.79 Å². The van der Waals surface area contributed by atoms with Crippen molar-refractivity contribution >= 4 is 22.6 Å². The second kappa shape index (κ2) is 8.83. The fourth-order valence-corrected chi connectivity index (χ4v) is 4.42. The van der Waals surface area contributed by atoms with Crippen LogP contribution in [0.15, 0.2) is 72.8 Å². The van der Waals surface area contributed by atoms with Gasteiger partial charge in [-0.25, -0.2) is 4.68 Å². The standard InChI is InChI=1S/C26H27N5O/c1-29(19-22-8-2-4-10-24(22)30-16-6-7-17-30)26(32)21-14-12-20(13-15-21)18-31-25-11-5-3-9-23(25)27-28-31/h2-5,8-15H,6-7,16-19H2,1H3. The molecule has 2 heterocycles. The van der Waals surface area contributed by atoms with E-state index in [9.17, 15) is 4.79 Å². The average Bonchev–Trinajstić information content (AvgIpc) is 3.50. The van der Waals surface area contributed by atoms with Gasteiger partial charge in [0.1, 0.15) is 5.52 Å². The van der Waals surface area contributed by atoms with E-state index in [1.54, 1.807) is 4.90 Å². The van der Waals surface area contributed by atoms with Crippen LogP contribution in [0, 0.1) is 0 Å². The summed E-state index contributed by atoms with van der Waals surface area (Å²) >= 11 is 0. The first kappa shape index (κ1) is 20.2. The number of rotatable bonds is 6. The smallest absolute Gasteiger partial charge is 0.253 e. The van der Waals surface area contributed by atoms with E-state index in [1.165, 1.54) is 24.1 Å². The molecule has 5 rings (SSSR count). The number of hydrogen-bond donors (Lipinski definition) is 0. The summed E-state index contributed by atoms with van der Waals surface area (Å²) in [6, 6.07) is 24.1. The number of amides is 1. The van der Waals surface area contributed by atoms with Gasteiger partial charge in [0.25, 0.3) is 5.91 Å². The molecule has 0 N–H and O–H groups in total. The Labute approximate surface area is 188 Å². The Hall–Kier alpha value is -3.67. The van der Waals surface area contributed by atoms with E-state index in [1.807, 2.05) is 60.3 Å². The van der Waals surface area contributed by atoms with Crippen LogP contribution >= 0.6 is 0 Å². The fraction of sp³-hybridized carbons (Fsp3) is 0.269. The largest absolute Gasteiger partial charge is 0.371 e. The molecule has 0 aliphatic carbocycles. The molecule has 32 heavy (non-hydrogen) atoms. The lowest BCUT2D eigenvalue weighted by Crippen LogP contribution is -2.28. The summed E-state index contributed by atoms with van der Waals surface area (Å²) in [5.41, 5.74) is 6.11. The minimum Gasteiger partial charge on any atom is -0.371 e. The minimum atomic E-state index is 0.0268. The summed E-state index contributed by atoms with van der Waals surface area (Å²) in [5, 5.41) is 8.46. The van der Waals surface area contributed by atoms with Crippen molar-refractivity contribution in [3.05, 3.63) is 89.5 Å². The molecule has 1 amide bonds. The van der Waals surface area contributed by atoms with Crippen molar-refractivity contribution in [1.29, 1.82) is 0 Å². The highest BCUT2D eigenvalue weighted by Gasteiger charge is 2.18. The number of carbonyl (C=O) groups excluding carboxylic acids is 1. The Balaban J connectivity index is 1.28. The van der Waals surface area contributed by atoms with Crippen LogP contribution < -0.4 is 4.90 Å². The zero-order valence-electron chi connectivity index (χ0n) is 18.3. The number of hydrogen-bond acceptors (Lipinski definition) is 4. The van der Waals surface area contributed by atoms with Gasteiger partial charge in [-0.15, -0.1) is 5.10 Å². The van der Waals surface area contributed by atoms with Crippen molar-refractivity contribution in [3.8, 4) is 0 Å². The molecule has 3 aromatic carbocycles. The van der Waals surface area contributed by atoms with Gasteiger partial charge in [0.2, 0.25) is 0 Å². The molecule has 0 atom stereocenters. The molecule has 1 aliphatic rings. The molecule has 0 saturated carbocycles. The van der Waals surface area contributed by atoms with E-state index in [0.29, 0.717) is 18.7 Å². The molecule has 0 unspecified atom stereocenters. The third kappa shape index (κ3) is 4.08. The van der Waals surface area contributed by atoms with E-state index in [0.717, 1.165) is 29.7 Å². The van der Waals surface area contributed by atoms with E-state index < -0.39 is 0 Å². The Kier molecular flexibility index (Phi) is 5.58. The molecule has 0 bridgehead atoms. The minimum absolute atomic E-state index is 0.0268. The first-order valence-corrected chi connectivity index (χ1v) is 11.1. The van der Waals surface area contributed by atoms with Gasteiger partial charge in [-0.2, -0.15) is 0 Å². The van der Waals surface area contributed by atoms with Gasteiger partial charge in [-0.1, -0.05) is 47.7 Å². The average molecular weight is 426 g/mol. The lowest BCUT2D eigenvalue weighted by molar-refractivity contribution is 0.0785. The Morgan fingerprint density at radius 1 is 0.938 bits per heavy atom. The summed E-state index contributed by atoms with van der Waals surface area (Å²) in [5.74, 6) is 0.0268. The number of carbonyl (C=O) groups is 1. The van der Waals surface area contributed by atoms with Crippen LogP contribution in [0.4, 0.5) is 5.69 Å². The lowest BCUT2D eigenvalue weighted by atomic mass is 10.1. The van der Waals surface area contributed by atoms with Gasteiger partial charge < -0.3 is 9.80 Å². The van der Waals surface area contributed by atoms with Crippen molar-refractivity contribution in [2.45, 2.75) is 25.9 Å². The maximum Gasteiger partial charge on any atom is 0.253 e. The summed E-state index contributed by atoms with van der Waals surface area (Å²) in [6.45, 7) is 3.40. The normalized spacial score (nSPS) is 13.6. The zero-order valence-corrected chi connectivity index (χ0v) is 18.3. The van der Waals surface area contributed by atoms with Gasteiger partial charge in [0.15, 0.2) is 0 Å². The van der Waals surface area contributed by atoms with Gasteiger partial charge in [-0.05, 0) is 54.3 Å². The van der Waals surface area contributed by atoms with Crippen molar-refractivity contribution in [1.82, 2.24) is 19.9 Å². The quantitative estimate of drug-likeness (QED) is 0.461. The molecule has 6 heteroatoms. The molecule has 162 valence electrons. The van der Waals surface area contributed by atoms with Crippen molar-refractivity contribution < 1.29 is 4.79 Å². The molecular formula is C26H27N5O. The van der Waals surface area contributed by atoms with Crippen LogP contribution in [0.1, 0.15) is 34.3 Å². The van der Waals surface area contributed by atoms with Crippen LogP contribution in [0.2, 0.25) is 0 Å². The van der Waals surface area contributed by atoms with Crippen LogP contribution in [-0.4, -0.2) is 45.9 Å². The molecule has 1 saturated heterocycles. The topological polar surface area (TPSA) is 54.3 Å². The van der Waals surface area contributed by atoms with Crippen LogP contribution in [0.5, 0.6) is 0 Å². The van der Waals surface area contributed by atoms with Crippen molar-refractivity contribution in [3.63, 3.8) is 0 Å². The van der Waals surface area contributed by atoms with Crippen molar-refractivity contribution in [2.75, 3.05) is 25.0 Å². The summed E-state index contributed by atoms with van der Waals surface area (Å²) in [6.07, 6.45) is 2.47. The predicted octanol–water partition coefficient (Wildman–Crippen LogP) is 4.35. The van der Waals surface area contributed by atoms with Crippen molar-refractivity contribution in [2.24, 2.45) is 0 Å². The third-order valence-corrected chi connectivity index (χ3v) is 6.15. The maximum absolute atomic E-state index is 13.1. The maximum atomic E-state index is 13.1. The first-order valence-electron chi connectivity index (χ1n) is 11.1.